The SMILES string of the molecule is Cc1nn(-c2cccc(Cl)c2)nc1C(=O)Nc1cnc2n[nH]c(C)c2c1. The number of carbonyl (C=O) groups is 1. The van der Waals surface area contributed by atoms with E-state index in [0.29, 0.717) is 27.7 Å². The summed E-state index contributed by atoms with van der Waals surface area (Å²) in [7, 11) is 0. The number of H-pyrrole nitrogens is 1. The third-order valence-corrected chi connectivity index (χ3v) is 4.13. The number of amides is 1. The highest BCUT2D eigenvalue weighted by Crippen LogP contribution is 2.19. The molecule has 0 atom stereocenters. The Kier molecular flexibility index (Phi) is 3.89. The Balaban J connectivity index is 1.62. The van der Waals surface area contributed by atoms with Crippen LogP contribution in [0.5, 0.6) is 0 Å². The maximum atomic E-state index is 12.6. The topological polar surface area (TPSA) is 101 Å². The van der Waals surface area contributed by atoms with Crippen LogP contribution in [0.25, 0.3) is 16.7 Å². The smallest absolute Gasteiger partial charge is 0.278 e. The van der Waals surface area contributed by atoms with Crippen molar-refractivity contribution < 1.29 is 4.79 Å². The minimum absolute atomic E-state index is 0.231. The Morgan fingerprint density at radius 3 is 2.88 bits per heavy atom. The number of benzene rings is 1. The zero-order valence-electron chi connectivity index (χ0n) is 14.0. The molecule has 4 aromatic rings. The lowest BCUT2D eigenvalue weighted by atomic mass is 10.2. The molecule has 3 aromatic heterocycles. The second-order valence-electron chi connectivity index (χ2n) is 5.80. The third kappa shape index (κ3) is 2.91. The number of aromatic amines is 1. The highest BCUT2D eigenvalue weighted by Gasteiger charge is 2.17. The van der Waals surface area contributed by atoms with Gasteiger partial charge in [0.2, 0.25) is 0 Å². The number of aryl methyl sites for hydroxylation is 2. The summed E-state index contributed by atoms with van der Waals surface area (Å²) in [6.07, 6.45) is 1.55. The molecule has 0 spiro atoms. The van der Waals surface area contributed by atoms with Gasteiger partial charge in [0.25, 0.3) is 5.91 Å². The second kappa shape index (κ2) is 6.23. The van der Waals surface area contributed by atoms with Gasteiger partial charge in [0.1, 0.15) is 0 Å². The molecule has 0 saturated heterocycles. The molecule has 1 aromatic carbocycles. The van der Waals surface area contributed by atoms with Gasteiger partial charge >= 0.3 is 0 Å². The average Bonchev–Trinajstić information content (AvgIpc) is 3.18. The lowest BCUT2D eigenvalue weighted by Crippen LogP contribution is -2.14. The summed E-state index contributed by atoms with van der Waals surface area (Å²) in [5.41, 5.74) is 3.46. The number of nitrogens with one attached hydrogen (secondary N) is 2. The lowest BCUT2D eigenvalue weighted by molar-refractivity contribution is 0.102. The maximum Gasteiger partial charge on any atom is 0.278 e. The van der Waals surface area contributed by atoms with E-state index in [0.717, 1.165) is 11.1 Å². The van der Waals surface area contributed by atoms with E-state index in [1.165, 1.54) is 4.80 Å². The zero-order valence-corrected chi connectivity index (χ0v) is 14.7. The molecular formula is C17H14ClN7O. The molecule has 3 heterocycles. The number of hydrogen-bond acceptors (Lipinski definition) is 5. The Morgan fingerprint density at radius 1 is 1.23 bits per heavy atom. The van der Waals surface area contributed by atoms with Crippen LogP contribution in [0.4, 0.5) is 5.69 Å². The quantitative estimate of drug-likeness (QED) is 0.579. The molecule has 0 saturated carbocycles. The van der Waals surface area contributed by atoms with Gasteiger partial charge in [-0.3, -0.25) is 9.89 Å². The van der Waals surface area contributed by atoms with E-state index >= 15 is 0 Å². The number of fused-ring (bicyclic) bond motifs is 1. The molecule has 26 heavy (non-hydrogen) atoms. The first kappa shape index (κ1) is 16.2. The van der Waals surface area contributed by atoms with E-state index in [1.807, 2.05) is 19.1 Å². The standard InChI is InChI=1S/C17H14ClN7O/c1-9-14-7-12(8-19-16(14)22-21-9)20-17(26)15-10(2)23-25(24-15)13-5-3-4-11(18)6-13/h3-8H,1-2H3,(H,20,26)(H,19,21,22). The van der Waals surface area contributed by atoms with Gasteiger partial charge in [0, 0.05) is 16.1 Å². The van der Waals surface area contributed by atoms with Crippen LogP contribution in [0.1, 0.15) is 21.9 Å². The highest BCUT2D eigenvalue weighted by molar-refractivity contribution is 6.30. The molecule has 0 aliphatic rings. The van der Waals surface area contributed by atoms with E-state index in [9.17, 15) is 4.79 Å². The van der Waals surface area contributed by atoms with E-state index in [1.54, 1.807) is 31.3 Å². The predicted octanol–water partition coefficient (Wildman–Crippen LogP) is 3.06. The van der Waals surface area contributed by atoms with Crippen LogP contribution in [0.15, 0.2) is 36.5 Å². The second-order valence-corrected chi connectivity index (χ2v) is 6.24. The Morgan fingerprint density at radius 2 is 2.08 bits per heavy atom. The summed E-state index contributed by atoms with van der Waals surface area (Å²) in [4.78, 5) is 18.2. The van der Waals surface area contributed by atoms with Crippen molar-refractivity contribution >= 4 is 34.2 Å². The molecule has 1 amide bonds. The van der Waals surface area contributed by atoms with Crippen molar-refractivity contribution in [3.8, 4) is 5.69 Å². The summed E-state index contributed by atoms with van der Waals surface area (Å²) in [6, 6.07) is 8.91. The van der Waals surface area contributed by atoms with Gasteiger partial charge in [-0.1, -0.05) is 17.7 Å². The number of hydrogen-bond donors (Lipinski definition) is 2. The van der Waals surface area contributed by atoms with Gasteiger partial charge in [-0.15, -0.1) is 5.10 Å². The lowest BCUT2D eigenvalue weighted by Gasteiger charge is -2.03. The van der Waals surface area contributed by atoms with Crippen molar-refractivity contribution in [2.45, 2.75) is 13.8 Å². The maximum absolute atomic E-state index is 12.6. The van der Waals surface area contributed by atoms with Gasteiger partial charge in [0.05, 0.1) is 23.3 Å². The number of halogens is 1. The number of rotatable bonds is 3. The van der Waals surface area contributed by atoms with Gasteiger partial charge in [-0.2, -0.15) is 15.0 Å². The number of pyridine rings is 1. The van der Waals surface area contributed by atoms with Crippen molar-refractivity contribution in [1.29, 1.82) is 0 Å². The Hall–Kier alpha value is -3.26. The number of carbonyl (C=O) groups excluding carboxylic acids is 1. The zero-order chi connectivity index (χ0) is 18.3. The normalized spacial score (nSPS) is 11.0. The molecule has 0 bridgehead atoms. The monoisotopic (exact) mass is 367 g/mol. The first-order valence-electron chi connectivity index (χ1n) is 7.83. The molecule has 4 rings (SSSR count). The van der Waals surface area contributed by atoms with E-state index < -0.39 is 0 Å². The molecule has 0 radical (unpaired) electrons. The van der Waals surface area contributed by atoms with Crippen molar-refractivity contribution in [1.82, 2.24) is 30.2 Å². The fourth-order valence-electron chi connectivity index (χ4n) is 2.58. The van der Waals surface area contributed by atoms with Gasteiger partial charge in [-0.05, 0) is 38.1 Å². The fourth-order valence-corrected chi connectivity index (χ4v) is 2.77. The molecule has 0 aliphatic carbocycles. The Labute approximate surface area is 153 Å². The first-order valence-corrected chi connectivity index (χ1v) is 8.21. The van der Waals surface area contributed by atoms with Crippen LogP contribution in [-0.4, -0.2) is 36.1 Å². The summed E-state index contributed by atoms with van der Waals surface area (Å²) >= 11 is 6.00. The molecule has 0 fully saturated rings. The molecule has 8 nitrogen and oxygen atoms in total. The van der Waals surface area contributed by atoms with Crippen molar-refractivity contribution in [2.24, 2.45) is 0 Å². The van der Waals surface area contributed by atoms with Crippen LogP contribution < -0.4 is 5.32 Å². The summed E-state index contributed by atoms with van der Waals surface area (Å²) in [5.74, 6) is -0.363. The Bertz CT molecular complexity index is 1130. The van der Waals surface area contributed by atoms with Crippen molar-refractivity contribution in [3.05, 3.63) is 58.6 Å². The summed E-state index contributed by atoms with van der Waals surface area (Å²) in [5, 5.41) is 19.7. The number of nitrogens with zero attached hydrogens (tertiary/aromatic N) is 5. The van der Waals surface area contributed by atoms with Gasteiger partial charge < -0.3 is 5.32 Å². The first-order chi connectivity index (χ1) is 12.5. The average molecular weight is 368 g/mol. The molecule has 2 N–H and O–H groups in total. The summed E-state index contributed by atoms with van der Waals surface area (Å²) in [6.45, 7) is 3.62. The molecule has 130 valence electrons. The van der Waals surface area contributed by atoms with E-state index in [2.05, 4.69) is 30.7 Å². The van der Waals surface area contributed by atoms with Crippen LogP contribution in [-0.2, 0) is 0 Å². The molecular weight excluding hydrogens is 354 g/mol. The van der Waals surface area contributed by atoms with E-state index in [-0.39, 0.29) is 11.6 Å². The van der Waals surface area contributed by atoms with Crippen LogP contribution in [0, 0.1) is 13.8 Å². The van der Waals surface area contributed by atoms with Crippen LogP contribution >= 0.6 is 11.6 Å². The van der Waals surface area contributed by atoms with Crippen molar-refractivity contribution in [2.75, 3.05) is 5.32 Å². The largest absolute Gasteiger partial charge is 0.319 e. The van der Waals surface area contributed by atoms with Crippen LogP contribution in [0.3, 0.4) is 0 Å². The third-order valence-electron chi connectivity index (χ3n) is 3.89. The number of aromatic nitrogens is 6. The highest BCUT2D eigenvalue weighted by atomic mass is 35.5. The van der Waals surface area contributed by atoms with Crippen LogP contribution in [0.2, 0.25) is 5.02 Å². The predicted molar refractivity (Wildman–Crippen MR) is 97.7 cm³/mol. The minimum atomic E-state index is -0.363. The van der Waals surface area contributed by atoms with Gasteiger partial charge in [0.15, 0.2) is 11.3 Å². The molecule has 0 unspecified atom stereocenters. The number of anilines is 1. The minimum Gasteiger partial charge on any atom is -0.319 e. The van der Waals surface area contributed by atoms with Crippen molar-refractivity contribution in [3.63, 3.8) is 0 Å². The molecule has 0 aliphatic heterocycles. The van der Waals surface area contributed by atoms with E-state index in [4.69, 9.17) is 11.6 Å². The fraction of sp³-hybridized carbons (Fsp3) is 0.118. The molecule has 9 heteroatoms. The van der Waals surface area contributed by atoms with Gasteiger partial charge in [-0.25, -0.2) is 4.98 Å². The summed E-state index contributed by atoms with van der Waals surface area (Å²) < 4.78 is 0.